The van der Waals surface area contributed by atoms with Crippen LogP contribution >= 0.6 is 23.4 Å². The van der Waals surface area contributed by atoms with Gasteiger partial charge in [0.15, 0.2) is 0 Å². The van der Waals surface area contributed by atoms with Crippen molar-refractivity contribution in [1.29, 1.82) is 0 Å². The lowest BCUT2D eigenvalue weighted by Crippen LogP contribution is -2.16. The minimum absolute atomic E-state index is 0.0846. The summed E-state index contributed by atoms with van der Waals surface area (Å²) in [6.07, 6.45) is 6.22. The Morgan fingerprint density at radius 2 is 2.04 bits per heavy atom. The molecule has 0 spiro atoms. The molecule has 0 radical (unpaired) electrons. The first-order valence-corrected chi connectivity index (χ1v) is 9.36. The van der Waals surface area contributed by atoms with E-state index in [2.05, 4.69) is 30.6 Å². The van der Waals surface area contributed by atoms with Crippen LogP contribution in [0.4, 0.5) is 5.69 Å². The van der Waals surface area contributed by atoms with Gasteiger partial charge in [0.1, 0.15) is 12.7 Å². The van der Waals surface area contributed by atoms with Crippen LogP contribution in [0.3, 0.4) is 0 Å². The molecular formula is C17H12ClN7O2S. The Labute approximate surface area is 168 Å². The maximum atomic E-state index is 12.4. The number of hydrogen-bond acceptors (Lipinski definition) is 8. The molecule has 4 aromatic rings. The molecule has 3 heterocycles. The van der Waals surface area contributed by atoms with E-state index < -0.39 is 0 Å². The number of carbonyl (C=O) groups is 1. The van der Waals surface area contributed by atoms with Gasteiger partial charge in [-0.15, -0.1) is 10.2 Å². The Morgan fingerprint density at radius 1 is 1.18 bits per heavy atom. The van der Waals surface area contributed by atoms with Gasteiger partial charge < -0.3 is 9.73 Å². The number of rotatable bonds is 6. The molecule has 1 aromatic carbocycles. The van der Waals surface area contributed by atoms with Crippen LogP contribution in [0.15, 0.2) is 65.0 Å². The van der Waals surface area contributed by atoms with Crippen molar-refractivity contribution < 1.29 is 9.21 Å². The van der Waals surface area contributed by atoms with E-state index in [0.717, 1.165) is 17.3 Å². The molecule has 11 heteroatoms. The highest BCUT2D eigenvalue weighted by atomic mass is 35.5. The fourth-order valence-electron chi connectivity index (χ4n) is 2.33. The number of nitrogens with one attached hydrogen (secondary N) is 1. The number of hydrogen-bond donors (Lipinski definition) is 1. The Balaban J connectivity index is 1.42. The highest BCUT2D eigenvalue weighted by Gasteiger charge is 2.13. The molecule has 28 heavy (non-hydrogen) atoms. The van der Waals surface area contributed by atoms with E-state index >= 15 is 0 Å². The second kappa shape index (κ2) is 8.19. The number of aromatic nitrogens is 6. The number of amides is 1. The summed E-state index contributed by atoms with van der Waals surface area (Å²) in [5.41, 5.74) is 1.93. The molecule has 0 atom stereocenters. The highest BCUT2D eigenvalue weighted by Crippen LogP contribution is 2.25. The van der Waals surface area contributed by atoms with E-state index in [1.165, 1.54) is 17.3 Å². The van der Waals surface area contributed by atoms with E-state index in [-0.39, 0.29) is 11.7 Å². The van der Waals surface area contributed by atoms with Gasteiger partial charge in [-0.05, 0) is 30.3 Å². The lowest BCUT2D eigenvalue weighted by Gasteiger charge is -2.10. The zero-order valence-corrected chi connectivity index (χ0v) is 15.8. The first kappa shape index (κ1) is 18.1. The first-order chi connectivity index (χ1) is 13.7. The quantitative estimate of drug-likeness (QED) is 0.480. The second-order valence-corrected chi connectivity index (χ2v) is 6.81. The number of pyridine rings is 1. The molecule has 1 N–H and O–H groups in total. The van der Waals surface area contributed by atoms with Crippen LogP contribution in [-0.4, -0.2) is 41.6 Å². The van der Waals surface area contributed by atoms with Gasteiger partial charge in [-0.1, -0.05) is 23.4 Å². The Hall–Kier alpha value is -3.24. The first-order valence-electron chi connectivity index (χ1n) is 8.00. The van der Waals surface area contributed by atoms with Crippen molar-refractivity contribution in [2.45, 2.75) is 5.22 Å². The molecule has 0 saturated carbocycles. The Morgan fingerprint density at radius 3 is 2.82 bits per heavy atom. The lowest BCUT2D eigenvalue weighted by atomic mass is 10.2. The van der Waals surface area contributed by atoms with E-state index in [1.54, 1.807) is 42.7 Å². The van der Waals surface area contributed by atoms with Gasteiger partial charge in [-0.3, -0.25) is 9.78 Å². The van der Waals surface area contributed by atoms with Crippen molar-refractivity contribution in [1.82, 2.24) is 29.9 Å². The van der Waals surface area contributed by atoms with Crippen LogP contribution in [0.1, 0.15) is 0 Å². The van der Waals surface area contributed by atoms with Crippen molar-refractivity contribution in [3.05, 3.63) is 60.4 Å². The maximum Gasteiger partial charge on any atom is 0.277 e. The fourth-order valence-corrected chi connectivity index (χ4v) is 3.07. The summed E-state index contributed by atoms with van der Waals surface area (Å²) >= 11 is 7.19. The maximum absolute atomic E-state index is 12.4. The number of benzene rings is 1. The van der Waals surface area contributed by atoms with Crippen LogP contribution in [0.5, 0.6) is 0 Å². The third kappa shape index (κ3) is 4.18. The number of carbonyl (C=O) groups excluding carboxylic acids is 1. The SMILES string of the molecule is O=C(CSc1nnc(-c2ccncc2)o1)Nc1cc(Cl)ccc1-n1cncn1. The van der Waals surface area contributed by atoms with E-state index in [4.69, 9.17) is 16.0 Å². The van der Waals surface area contributed by atoms with Gasteiger partial charge in [-0.25, -0.2) is 9.67 Å². The molecule has 1 amide bonds. The van der Waals surface area contributed by atoms with Crippen molar-refractivity contribution in [2.75, 3.05) is 11.1 Å². The van der Waals surface area contributed by atoms with E-state index in [9.17, 15) is 4.79 Å². The van der Waals surface area contributed by atoms with Crippen molar-refractivity contribution in [3.63, 3.8) is 0 Å². The van der Waals surface area contributed by atoms with E-state index in [0.29, 0.717) is 27.5 Å². The van der Waals surface area contributed by atoms with Crippen LogP contribution in [-0.2, 0) is 4.79 Å². The predicted molar refractivity (Wildman–Crippen MR) is 103 cm³/mol. The van der Waals surface area contributed by atoms with Crippen LogP contribution in [0, 0.1) is 0 Å². The van der Waals surface area contributed by atoms with Gasteiger partial charge in [0.2, 0.25) is 11.8 Å². The molecule has 0 aliphatic carbocycles. The zero-order chi connectivity index (χ0) is 19.3. The zero-order valence-electron chi connectivity index (χ0n) is 14.2. The smallest absolute Gasteiger partial charge is 0.277 e. The third-order valence-corrected chi connectivity index (χ3v) is 4.61. The fraction of sp³-hybridized carbons (Fsp3) is 0.0588. The molecule has 0 fully saturated rings. The van der Waals surface area contributed by atoms with Crippen molar-refractivity contribution in [3.8, 4) is 17.1 Å². The summed E-state index contributed by atoms with van der Waals surface area (Å²) in [6.45, 7) is 0. The molecule has 140 valence electrons. The number of anilines is 1. The molecule has 0 bridgehead atoms. The molecule has 0 unspecified atom stereocenters. The summed E-state index contributed by atoms with van der Waals surface area (Å²) in [6, 6.07) is 8.63. The van der Waals surface area contributed by atoms with Gasteiger partial charge in [0.25, 0.3) is 5.22 Å². The number of nitrogens with zero attached hydrogens (tertiary/aromatic N) is 6. The van der Waals surface area contributed by atoms with Crippen LogP contribution in [0.2, 0.25) is 5.02 Å². The molecule has 3 aromatic heterocycles. The highest BCUT2D eigenvalue weighted by molar-refractivity contribution is 7.99. The van der Waals surface area contributed by atoms with Crippen LogP contribution < -0.4 is 5.32 Å². The van der Waals surface area contributed by atoms with Crippen molar-refractivity contribution >= 4 is 35.0 Å². The normalized spacial score (nSPS) is 10.8. The molecule has 0 saturated heterocycles. The summed E-state index contributed by atoms with van der Waals surface area (Å²) < 4.78 is 7.10. The lowest BCUT2D eigenvalue weighted by molar-refractivity contribution is -0.113. The Kier molecular flexibility index (Phi) is 5.31. The van der Waals surface area contributed by atoms with Crippen molar-refractivity contribution in [2.24, 2.45) is 0 Å². The van der Waals surface area contributed by atoms with Gasteiger partial charge >= 0.3 is 0 Å². The summed E-state index contributed by atoms with van der Waals surface area (Å²) in [5.74, 6) is 0.201. The molecule has 4 rings (SSSR count). The average Bonchev–Trinajstić information content (AvgIpc) is 3.39. The number of halogens is 1. The average molecular weight is 414 g/mol. The van der Waals surface area contributed by atoms with Gasteiger partial charge in [0.05, 0.1) is 17.1 Å². The summed E-state index contributed by atoms with van der Waals surface area (Å²) in [5, 5.41) is 15.6. The molecule has 9 nitrogen and oxygen atoms in total. The largest absolute Gasteiger partial charge is 0.411 e. The van der Waals surface area contributed by atoms with Gasteiger partial charge in [0, 0.05) is 23.0 Å². The standard InChI is InChI=1S/C17H12ClN7O2S/c18-12-1-2-14(25-10-20-9-21-25)13(7-12)22-15(26)8-28-17-24-23-16(27-17)11-3-5-19-6-4-11/h1-7,9-10H,8H2,(H,22,26). The third-order valence-electron chi connectivity index (χ3n) is 3.56. The van der Waals surface area contributed by atoms with E-state index in [1.807, 2.05) is 0 Å². The summed E-state index contributed by atoms with van der Waals surface area (Å²) in [4.78, 5) is 20.2. The Bertz CT molecular complexity index is 1090. The monoisotopic (exact) mass is 413 g/mol. The minimum atomic E-state index is -0.253. The predicted octanol–water partition coefficient (Wildman–Crippen LogP) is 3.10. The second-order valence-electron chi connectivity index (χ2n) is 5.45. The topological polar surface area (TPSA) is 112 Å². The molecule has 0 aliphatic rings. The molecule has 0 aliphatic heterocycles. The summed E-state index contributed by atoms with van der Waals surface area (Å²) in [7, 11) is 0. The number of thioether (sulfide) groups is 1. The minimum Gasteiger partial charge on any atom is -0.411 e. The molecular weight excluding hydrogens is 402 g/mol. The van der Waals surface area contributed by atoms with Crippen LogP contribution in [0.25, 0.3) is 17.1 Å². The van der Waals surface area contributed by atoms with Gasteiger partial charge in [-0.2, -0.15) is 5.10 Å².